The molecule has 34 heavy (non-hydrogen) atoms. The van der Waals surface area contributed by atoms with Crippen molar-refractivity contribution >= 4 is 22.5 Å². The number of aryl methyl sites for hydroxylation is 2. The van der Waals surface area contributed by atoms with E-state index in [1.807, 2.05) is 91.3 Å². The van der Waals surface area contributed by atoms with E-state index in [0.29, 0.717) is 12.8 Å². The molecule has 170 valence electrons. The Balaban J connectivity index is 1.42. The molecule has 0 aliphatic rings. The van der Waals surface area contributed by atoms with Crippen LogP contribution in [0.1, 0.15) is 40.7 Å². The van der Waals surface area contributed by atoms with Crippen molar-refractivity contribution in [1.29, 1.82) is 0 Å². The van der Waals surface area contributed by atoms with Gasteiger partial charge in [-0.2, -0.15) is 5.10 Å². The number of rotatable bonds is 6. The molecule has 3 aromatic heterocycles. The van der Waals surface area contributed by atoms with Crippen molar-refractivity contribution in [2.45, 2.75) is 32.7 Å². The standard InChI is InChI=1S/C28H27N5O/c1-19-22(20(2)33-28(30-19)23-13-7-8-14-24(23)31-33)16-17-26(34)32(3)27(21-11-5-4-6-12-21)25-15-9-10-18-29-25/h4-15,18,27H,16-17H2,1-3H3/t27-/m1/s1. The number of aromatic nitrogens is 4. The van der Waals surface area contributed by atoms with Crippen molar-refractivity contribution in [3.63, 3.8) is 0 Å². The van der Waals surface area contributed by atoms with Crippen molar-refractivity contribution in [3.05, 3.63) is 107 Å². The third-order valence-corrected chi connectivity index (χ3v) is 6.47. The molecular weight excluding hydrogens is 422 g/mol. The lowest BCUT2D eigenvalue weighted by atomic mass is 10.0. The SMILES string of the molecule is Cc1nc2c3ccccc3nn2c(C)c1CCC(=O)N(C)[C@H](c1ccccc1)c1ccccn1. The maximum absolute atomic E-state index is 13.4. The van der Waals surface area contributed by atoms with Crippen molar-refractivity contribution in [2.24, 2.45) is 0 Å². The molecule has 0 saturated heterocycles. The number of carbonyl (C=O) groups is 1. The van der Waals surface area contributed by atoms with Gasteiger partial charge < -0.3 is 4.90 Å². The van der Waals surface area contributed by atoms with Gasteiger partial charge in [-0.25, -0.2) is 9.50 Å². The summed E-state index contributed by atoms with van der Waals surface area (Å²) in [5.74, 6) is 0.0593. The van der Waals surface area contributed by atoms with E-state index in [1.54, 1.807) is 11.1 Å². The fraction of sp³-hybridized carbons (Fsp3) is 0.214. The minimum absolute atomic E-state index is 0.0593. The van der Waals surface area contributed by atoms with E-state index in [0.717, 1.165) is 44.8 Å². The highest BCUT2D eigenvalue weighted by atomic mass is 16.2. The fourth-order valence-electron chi connectivity index (χ4n) is 4.66. The van der Waals surface area contributed by atoms with Gasteiger partial charge in [-0.3, -0.25) is 9.78 Å². The van der Waals surface area contributed by atoms with E-state index in [1.165, 1.54) is 0 Å². The van der Waals surface area contributed by atoms with Crippen LogP contribution >= 0.6 is 0 Å². The van der Waals surface area contributed by atoms with E-state index in [9.17, 15) is 4.79 Å². The van der Waals surface area contributed by atoms with Crippen LogP contribution in [0.25, 0.3) is 16.6 Å². The average Bonchev–Trinajstić information content (AvgIpc) is 3.24. The van der Waals surface area contributed by atoms with E-state index < -0.39 is 0 Å². The molecular formula is C28H27N5O. The Morgan fingerprint density at radius 1 is 0.971 bits per heavy atom. The molecule has 6 heteroatoms. The van der Waals surface area contributed by atoms with Gasteiger partial charge in [0, 0.05) is 36.4 Å². The number of carbonyl (C=O) groups excluding carboxylic acids is 1. The minimum Gasteiger partial charge on any atom is -0.333 e. The van der Waals surface area contributed by atoms with Crippen LogP contribution in [0.4, 0.5) is 0 Å². The first-order valence-corrected chi connectivity index (χ1v) is 11.5. The van der Waals surface area contributed by atoms with Crippen LogP contribution in [0, 0.1) is 13.8 Å². The molecule has 1 atom stereocenters. The normalized spacial score (nSPS) is 12.2. The molecule has 0 saturated carbocycles. The molecule has 3 heterocycles. The zero-order chi connectivity index (χ0) is 23.7. The van der Waals surface area contributed by atoms with E-state index >= 15 is 0 Å². The van der Waals surface area contributed by atoms with Crippen LogP contribution in [0.5, 0.6) is 0 Å². The van der Waals surface area contributed by atoms with Gasteiger partial charge in [0.05, 0.1) is 17.3 Å². The van der Waals surface area contributed by atoms with Gasteiger partial charge in [-0.1, -0.05) is 48.5 Å². The van der Waals surface area contributed by atoms with Gasteiger partial charge in [0.1, 0.15) is 0 Å². The van der Waals surface area contributed by atoms with Crippen LogP contribution in [0.15, 0.2) is 79.0 Å². The topological polar surface area (TPSA) is 63.4 Å². The second kappa shape index (κ2) is 9.06. The van der Waals surface area contributed by atoms with Crippen LogP contribution in [-0.4, -0.2) is 37.4 Å². The molecule has 0 spiro atoms. The Hall–Kier alpha value is -4.06. The lowest BCUT2D eigenvalue weighted by molar-refractivity contribution is -0.131. The van der Waals surface area contributed by atoms with Gasteiger partial charge >= 0.3 is 0 Å². The molecule has 0 aliphatic carbocycles. The molecule has 0 radical (unpaired) electrons. The van der Waals surface area contributed by atoms with Crippen molar-refractivity contribution in [2.75, 3.05) is 7.05 Å². The molecule has 0 unspecified atom stereocenters. The zero-order valence-corrected chi connectivity index (χ0v) is 19.6. The fourth-order valence-corrected chi connectivity index (χ4v) is 4.66. The zero-order valence-electron chi connectivity index (χ0n) is 19.6. The first-order valence-electron chi connectivity index (χ1n) is 11.5. The number of pyridine rings is 1. The van der Waals surface area contributed by atoms with Crippen LogP contribution in [-0.2, 0) is 11.2 Å². The molecule has 0 bridgehead atoms. The quantitative estimate of drug-likeness (QED) is 0.363. The first kappa shape index (κ1) is 21.8. The number of hydrogen-bond acceptors (Lipinski definition) is 4. The highest BCUT2D eigenvalue weighted by molar-refractivity contribution is 5.92. The predicted octanol–water partition coefficient (Wildman–Crippen LogP) is 5.07. The summed E-state index contributed by atoms with van der Waals surface area (Å²) in [5.41, 5.74) is 6.70. The number of nitrogens with zero attached hydrogens (tertiary/aromatic N) is 5. The summed E-state index contributed by atoms with van der Waals surface area (Å²) in [6.45, 7) is 4.07. The molecule has 2 aromatic carbocycles. The minimum atomic E-state index is -0.242. The summed E-state index contributed by atoms with van der Waals surface area (Å²) in [7, 11) is 1.86. The van der Waals surface area contributed by atoms with Crippen LogP contribution in [0.3, 0.4) is 0 Å². The van der Waals surface area contributed by atoms with Crippen molar-refractivity contribution in [3.8, 4) is 0 Å². The Morgan fingerprint density at radius 2 is 1.71 bits per heavy atom. The van der Waals surface area contributed by atoms with E-state index in [-0.39, 0.29) is 11.9 Å². The van der Waals surface area contributed by atoms with Gasteiger partial charge in [-0.15, -0.1) is 0 Å². The highest BCUT2D eigenvalue weighted by Crippen LogP contribution is 2.28. The number of benzene rings is 2. The van der Waals surface area contributed by atoms with Gasteiger partial charge in [0.25, 0.3) is 0 Å². The van der Waals surface area contributed by atoms with Gasteiger partial charge in [0.2, 0.25) is 5.91 Å². The summed E-state index contributed by atoms with van der Waals surface area (Å²) < 4.78 is 1.90. The number of hydrogen-bond donors (Lipinski definition) is 0. The predicted molar refractivity (Wildman–Crippen MR) is 134 cm³/mol. The highest BCUT2D eigenvalue weighted by Gasteiger charge is 2.25. The van der Waals surface area contributed by atoms with E-state index in [4.69, 9.17) is 10.1 Å². The van der Waals surface area contributed by atoms with Gasteiger partial charge in [0.15, 0.2) is 5.65 Å². The molecule has 5 rings (SSSR count). The second-order valence-corrected chi connectivity index (χ2v) is 8.59. The lowest BCUT2D eigenvalue weighted by Crippen LogP contribution is -2.32. The van der Waals surface area contributed by atoms with Gasteiger partial charge in [-0.05, 0) is 55.7 Å². The van der Waals surface area contributed by atoms with Crippen molar-refractivity contribution < 1.29 is 4.79 Å². The van der Waals surface area contributed by atoms with E-state index in [2.05, 4.69) is 11.9 Å². The number of amides is 1. The van der Waals surface area contributed by atoms with Crippen molar-refractivity contribution in [1.82, 2.24) is 24.5 Å². The molecule has 0 N–H and O–H groups in total. The second-order valence-electron chi connectivity index (χ2n) is 8.59. The van der Waals surface area contributed by atoms with Crippen LogP contribution < -0.4 is 0 Å². The number of fused-ring (bicyclic) bond motifs is 3. The lowest BCUT2D eigenvalue weighted by Gasteiger charge is -2.28. The monoisotopic (exact) mass is 449 g/mol. The third kappa shape index (κ3) is 3.92. The molecule has 5 aromatic rings. The molecule has 1 amide bonds. The molecule has 0 fully saturated rings. The summed E-state index contributed by atoms with van der Waals surface area (Å²) in [6.07, 6.45) is 2.75. The summed E-state index contributed by atoms with van der Waals surface area (Å²) in [5, 5.41) is 5.78. The largest absolute Gasteiger partial charge is 0.333 e. The maximum atomic E-state index is 13.4. The maximum Gasteiger partial charge on any atom is 0.223 e. The summed E-state index contributed by atoms with van der Waals surface area (Å²) in [6, 6.07) is 23.6. The summed E-state index contributed by atoms with van der Waals surface area (Å²) in [4.78, 5) is 24.6. The Morgan fingerprint density at radius 3 is 2.47 bits per heavy atom. The Kier molecular flexibility index (Phi) is 5.80. The molecule has 6 nitrogen and oxygen atoms in total. The Labute approximate surface area is 198 Å². The first-order chi connectivity index (χ1) is 16.5. The summed E-state index contributed by atoms with van der Waals surface area (Å²) >= 11 is 0. The Bertz CT molecular complexity index is 1420. The molecule has 0 aliphatic heterocycles. The third-order valence-electron chi connectivity index (χ3n) is 6.47. The smallest absolute Gasteiger partial charge is 0.223 e. The average molecular weight is 450 g/mol. The van der Waals surface area contributed by atoms with Crippen LogP contribution in [0.2, 0.25) is 0 Å².